The van der Waals surface area contributed by atoms with Crippen LogP contribution in [0.1, 0.15) is 57.7 Å². The Labute approximate surface area is 345 Å². The summed E-state index contributed by atoms with van der Waals surface area (Å²) in [5.74, 6) is 1.80. The highest BCUT2D eigenvalue weighted by Gasteiger charge is 2.39. The molecule has 1 aromatic heterocycles. The van der Waals surface area contributed by atoms with Crippen molar-refractivity contribution in [1.82, 2.24) is 19.8 Å². The molecule has 0 aliphatic carbocycles. The lowest BCUT2D eigenvalue weighted by molar-refractivity contribution is -0.0387. The second-order valence-electron chi connectivity index (χ2n) is 14.9. The van der Waals surface area contributed by atoms with Gasteiger partial charge in [-0.25, -0.2) is 4.98 Å². The SMILES string of the molecule is CC(CN1C(=O)c2cccc3c2c(cc2[nH]c(-c4ccccc4)nc23)C1=O)N(C)C.CC[C@H](O)COC(c1ccccc1)(c1ccc(OC)cc1)c1ccc(OC)cc1. The maximum absolute atomic E-state index is 13.3. The van der Waals surface area contributed by atoms with Gasteiger partial charge in [0, 0.05) is 34.5 Å². The molecule has 8 rings (SSSR count). The first-order valence-electron chi connectivity index (χ1n) is 19.8. The average molecular weight is 791 g/mol. The lowest BCUT2D eigenvalue weighted by Gasteiger charge is -2.36. The molecule has 10 heteroatoms. The van der Waals surface area contributed by atoms with Gasteiger partial charge in [0.2, 0.25) is 0 Å². The van der Waals surface area contributed by atoms with E-state index in [9.17, 15) is 14.7 Å². The summed E-state index contributed by atoms with van der Waals surface area (Å²) in [5.41, 5.74) is 5.65. The summed E-state index contributed by atoms with van der Waals surface area (Å²) in [5, 5.41) is 11.8. The Hall–Kier alpha value is -6.33. The van der Waals surface area contributed by atoms with Crippen molar-refractivity contribution in [3.05, 3.63) is 161 Å². The maximum Gasteiger partial charge on any atom is 0.261 e. The Morgan fingerprint density at radius 2 is 1.31 bits per heavy atom. The lowest BCUT2D eigenvalue weighted by atomic mass is 9.80. The third-order valence-electron chi connectivity index (χ3n) is 11.1. The summed E-state index contributed by atoms with van der Waals surface area (Å²) in [7, 11) is 7.18. The summed E-state index contributed by atoms with van der Waals surface area (Å²) >= 11 is 0. The first-order chi connectivity index (χ1) is 28.6. The van der Waals surface area contributed by atoms with E-state index in [-0.39, 0.29) is 24.5 Å². The number of benzene rings is 6. The van der Waals surface area contributed by atoms with Crippen molar-refractivity contribution in [1.29, 1.82) is 0 Å². The van der Waals surface area contributed by atoms with Gasteiger partial charge in [0.25, 0.3) is 11.8 Å². The second kappa shape index (κ2) is 17.7. The van der Waals surface area contributed by atoms with Crippen molar-refractivity contribution in [3.63, 3.8) is 0 Å². The predicted molar refractivity (Wildman–Crippen MR) is 232 cm³/mol. The number of amides is 2. The molecule has 1 unspecified atom stereocenters. The molecule has 2 N–H and O–H groups in total. The molecule has 302 valence electrons. The van der Waals surface area contributed by atoms with Crippen LogP contribution in [0.3, 0.4) is 0 Å². The molecule has 0 saturated heterocycles. The first-order valence-corrected chi connectivity index (χ1v) is 19.8. The number of aliphatic hydroxyl groups excluding tert-OH is 1. The smallest absolute Gasteiger partial charge is 0.261 e. The molecular formula is C49H50N4O6. The number of rotatable bonds is 13. The third-order valence-corrected chi connectivity index (χ3v) is 11.1. The van der Waals surface area contributed by atoms with Crippen LogP contribution in [0.15, 0.2) is 133 Å². The molecule has 59 heavy (non-hydrogen) atoms. The molecule has 2 atom stereocenters. The minimum absolute atomic E-state index is 0.0548. The number of hydrogen-bond acceptors (Lipinski definition) is 8. The fourth-order valence-electron chi connectivity index (χ4n) is 7.42. The van der Waals surface area contributed by atoms with Gasteiger partial charge < -0.3 is 29.2 Å². The molecular weight excluding hydrogens is 741 g/mol. The van der Waals surface area contributed by atoms with E-state index in [4.69, 9.17) is 19.2 Å². The minimum Gasteiger partial charge on any atom is -0.497 e. The van der Waals surface area contributed by atoms with Crippen LogP contribution >= 0.6 is 0 Å². The van der Waals surface area contributed by atoms with Gasteiger partial charge in [-0.3, -0.25) is 14.5 Å². The van der Waals surface area contributed by atoms with Crippen LogP contribution in [0.25, 0.3) is 33.2 Å². The van der Waals surface area contributed by atoms with E-state index in [2.05, 4.69) is 4.98 Å². The number of imidazole rings is 1. The molecule has 1 aliphatic rings. The number of fused-ring (bicyclic) bond motifs is 2. The molecule has 10 nitrogen and oxygen atoms in total. The number of aliphatic hydroxyl groups is 1. The predicted octanol–water partition coefficient (Wildman–Crippen LogP) is 8.71. The first kappa shape index (κ1) is 40.9. The van der Waals surface area contributed by atoms with Crippen LogP contribution in [0.2, 0.25) is 0 Å². The summed E-state index contributed by atoms with van der Waals surface area (Å²) in [6, 6.07) is 43.2. The zero-order chi connectivity index (χ0) is 41.7. The molecule has 7 aromatic rings. The van der Waals surface area contributed by atoms with E-state index in [1.54, 1.807) is 20.3 Å². The fraction of sp³-hybridized carbons (Fsp3) is 0.245. The van der Waals surface area contributed by atoms with Crippen LogP contribution in [0.4, 0.5) is 0 Å². The fourth-order valence-corrected chi connectivity index (χ4v) is 7.42. The van der Waals surface area contributed by atoms with Crippen molar-refractivity contribution >= 4 is 33.6 Å². The van der Waals surface area contributed by atoms with E-state index < -0.39 is 11.7 Å². The minimum atomic E-state index is -0.879. The Kier molecular flexibility index (Phi) is 12.2. The molecule has 6 aromatic carbocycles. The highest BCUT2D eigenvalue weighted by atomic mass is 16.5. The molecule has 0 fully saturated rings. The van der Waals surface area contributed by atoms with Crippen LogP contribution in [0, 0.1) is 0 Å². The van der Waals surface area contributed by atoms with E-state index in [0.29, 0.717) is 29.5 Å². The number of nitrogens with zero attached hydrogens (tertiary/aromatic N) is 3. The van der Waals surface area contributed by atoms with Crippen molar-refractivity contribution in [3.8, 4) is 22.9 Å². The Morgan fingerprint density at radius 3 is 1.86 bits per heavy atom. The monoisotopic (exact) mass is 790 g/mol. The number of nitrogens with one attached hydrogen (secondary N) is 1. The number of carbonyl (C=O) groups is 2. The highest BCUT2D eigenvalue weighted by Crippen LogP contribution is 2.42. The zero-order valence-electron chi connectivity index (χ0n) is 34.3. The Bertz CT molecular complexity index is 2490. The van der Waals surface area contributed by atoms with Gasteiger partial charge in [-0.1, -0.05) is 104 Å². The van der Waals surface area contributed by atoms with Crippen LogP contribution in [-0.2, 0) is 10.3 Å². The largest absolute Gasteiger partial charge is 0.497 e. The van der Waals surface area contributed by atoms with Crippen LogP contribution < -0.4 is 9.47 Å². The molecule has 1 aliphatic heterocycles. The van der Waals surface area contributed by atoms with E-state index >= 15 is 0 Å². The number of methoxy groups -OCH3 is 2. The van der Waals surface area contributed by atoms with E-state index in [1.807, 2.05) is 160 Å². The van der Waals surface area contributed by atoms with E-state index in [1.165, 1.54) is 4.90 Å². The molecule has 2 amide bonds. The zero-order valence-corrected chi connectivity index (χ0v) is 34.3. The number of imide groups is 1. The van der Waals surface area contributed by atoms with Gasteiger partial charge in [0.15, 0.2) is 0 Å². The second-order valence-corrected chi connectivity index (χ2v) is 14.9. The molecule has 0 bridgehead atoms. The number of likely N-dealkylation sites (N-methyl/N-ethyl adjacent to an activating group) is 1. The van der Waals surface area contributed by atoms with Gasteiger partial charge in [-0.15, -0.1) is 0 Å². The van der Waals surface area contributed by atoms with Crippen molar-refractivity contribution < 1.29 is 28.9 Å². The number of aromatic amines is 1. The van der Waals surface area contributed by atoms with Gasteiger partial charge in [0.05, 0.1) is 43.5 Å². The molecule has 0 radical (unpaired) electrons. The number of aromatic nitrogens is 2. The average Bonchev–Trinajstić information content (AvgIpc) is 3.73. The van der Waals surface area contributed by atoms with Gasteiger partial charge in [-0.05, 0) is 80.5 Å². The van der Waals surface area contributed by atoms with E-state index in [0.717, 1.165) is 56.0 Å². The summed E-state index contributed by atoms with van der Waals surface area (Å²) < 4.78 is 17.2. The van der Waals surface area contributed by atoms with Gasteiger partial charge in [0.1, 0.15) is 22.9 Å². The molecule has 0 saturated carbocycles. The van der Waals surface area contributed by atoms with Gasteiger partial charge in [-0.2, -0.15) is 0 Å². The number of hydrogen-bond donors (Lipinski definition) is 2. The summed E-state index contributed by atoms with van der Waals surface area (Å²) in [6.07, 6.45) is 0.0744. The maximum atomic E-state index is 13.3. The van der Waals surface area contributed by atoms with Crippen molar-refractivity contribution in [2.24, 2.45) is 0 Å². The van der Waals surface area contributed by atoms with Crippen LogP contribution in [0.5, 0.6) is 11.5 Å². The molecule has 2 heterocycles. The summed E-state index contributed by atoms with van der Waals surface area (Å²) in [4.78, 5) is 38.0. The number of H-pyrrole nitrogens is 1. The van der Waals surface area contributed by atoms with Crippen LogP contribution in [-0.4, -0.2) is 90.3 Å². The topological polar surface area (TPSA) is 117 Å². The summed E-state index contributed by atoms with van der Waals surface area (Å²) in [6.45, 7) is 4.50. The highest BCUT2D eigenvalue weighted by molar-refractivity contribution is 6.28. The molecule has 0 spiro atoms. The number of carbonyl (C=O) groups excluding carboxylic acids is 2. The number of ether oxygens (including phenoxy) is 3. The van der Waals surface area contributed by atoms with Crippen molar-refractivity contribution in [2.45, 2.75) is 38.0 Å². The quantitative estimate of drug-likeness (QED) is 0.0881. The van der Waals surface area contributed by atoms with Gasteiger partial charge >= 0.3 is 0 Å². The standard InChI is InChI=1S/C25H28O4.C24H22N4O2/c1-4-22(26)18-29-25(19-8-6-5-7-9-19,20-10-14-23(27-2)15-11-20)21-12-16-24(28-3)17-13-21;1-14(27(2)3)13-28-23(29)17-11-7-10-16-20(17)18(24(28)30)12-19-21(16)26-22(25-19)15-8-5-4-6-9-15/h5-17,22,26H,4,18H2,1-3H3;4-12,14H,13H2,1-3H3,(H,25,26)/t22-;/m0./s1. The Morgan fingerprint density at radius 1 is 0.746 bits per heavy atom. The Balaban J connectivity index is 0.000000179. The normalized spacial score (nSPS) is 13.7. The lowest BCUT2D eigenvalue weighted by Crippen LogP contribution is -2.47. The third kappa shape index (κ3) is 8.07. The van der Waals surface area contributed by atoms with Crippen molar-refractivity contribution in [2.75, 3.05) is 41.5 Å².